The van der Waals surface area contributed by atoms with E-state index in [4.69, 9.17) is 14.3 Å². The Hall–Kier alpha value is -7.94. The zero-order valence-corrected chi connectivity index (χ0v) is 31.8. The monoisotopic (exact) mass is 770 g/mol. The number of hydrogen-bond donors (Lipinski definition) is 0. The smallest absolute Gasteiger partial charge is 0.143 e. The molecule has 0 amide bonds. The molecule has 278 valence electrons. The second-order valence-electron chi connectivity index (χ2n) is 15.3. The van der Waals surface area contributed by atoms with Crippen molar-refractivity contribution in [2.45, 2.75) is 0 Å². The number of furan rings is 2. The molecule has 0 saturated carbocycles. The van der Waals surface area contributed by atoms with E-state index in [1.165, 1.54) is 0 Å². The Morgan fingerprint density at radius 3 is 1.43 bits per heavy atom. The van der Waals surface area contributed by atoms with Gasteiger partial charge in [-0.05, 0) is 100 Å². The predicted molar refractivity (Wildman–Crippen MR) is 253 cm³/mol. The quantitative estimate of drug-likeness (QED) is 0.167. The number of para-hydroxylation sites is 2. The van der Waals surface area contributed by atoms with Gasteiger partial charge in [0.1, 0.15) is 22.3 Å². The van der Waals surface area contributed by atoms with E-state index in [1.54, 1.807) is 0 Å². The Morgan fingerprint density at radius 1 is 0.300 bits per heavy atom. The molecule has 2 heteroatoms. The highest BCUT2D eigenvalue weighted by molar-refractivity contribution is 6.32. The number of fused-ring (bicyclic) bond motifs is 12. The van der Waals surface area contributed by atoms with Gasteiger partial charge in [-0.15, -0.1) is 0 Å². The van der Waals surface area contributed by atoms with E-state index in [1.807, 2.05) is 127 Å². The van der Waals surface area contributed by atoms with Gasteiger partial charge in [0, 0.05) is 27.1 Å². The van der Waals surface area contributed by atoms with Crippen LogP contribution < -0.4 is 0 Å². The third-order valence-electron chi connectivity index (χ3n) is 12.1. The Morgan fingerprint density at radius 2 is 0.783 bits per heavy atom. The Bertz CT molecular complexity index is 4260. The maximum absolute atomic E-state index is 9.68. The number of hydrogen-bond acceptors (Lipinski definition) is 2. The molecule has 0 aliphatic heterocycles. The van der Waals surface area contributed by atoms with Crippen LogP contribution in [0.5, 0.6) is 0 Å². The molecule has 0 spiro atoms. The minimum absolute atomic E-state index is 0.136. The van der Waals surface area contributed by atoms with Crippen LogP contribution in [-0.2, 0) is 0 Å². The minimum atomic E-state index is -0.460. The average Bonchev–Trinajstić information content (AvgIpc) is 3.96. The first-order valence-corrected chi connectivity index (χ1v) is 19.9. The maximum atomic E-state index is 9.68. The summed E-state index contributed by atoms with van der Waals surface area (Å²) in [6.07, 6.45) is 0. The molecule has 0 aliphatic rings. The first kappa shape index (κ1) is 26.1. The van der Waals surface area contributed by atoms with E-state index in [9.17, 15) is 5.48 Å². The summed E-state index contributed by atoms with van der Waals surface area (Å²) in [7, 11) is 0. The van der Waals surface area contributed by atoms with Gasteiger partial charge in [0.15, 0.2) is 0 Å². The molecule has 60 heavy (non-hydrogen) atoms. The summed E-state index contributed by atoms with van der Waals surface area (Å²) < 4.78 is 88.0. The molecule has 0 fully saturated rings. The maximum Gasteiger partial charge on any atom is 0.143 e. The van der Waals surface area contributed by atoms with Crippen molar-refractivity contribution in [2.24, 2.45) is 0 Å². The van der Waals surface area contributed by atoms with Gasteiger partial charge < -0.3 is 8.83 Å². The summed E-state index contributed by atoms with van der Waals surface area (Å²) in [5.41, 5.74) is 7.98. The van der Waals surface area contributed by atoms with Gasteiger partial charge in [-0.1, -0.05) is 188 Å². The topological polar surface area (TPSA) is 26.3 Å². The molecule has 2 aromatic heterocycles. The average molecular weight is 771 g/mol. The second kappa shape index (κ2) is 12.8. The highest BCUT2D eigenvalue weighted by Gasteiger charge is 2.23. The Labute approximate surface area is 356 Å². The van der Waals surface area contributed by atoms with E-state index in [0.29, 0.717) is 22.3 Å². The van der Waals surface area contributed by atoms with Crippen molar-refractivity contribution in [2.75, 3.05) is 0 Å². The van der Waals surface area contributed by atoms with Crippen LogP contribution in [0.1, 0.15) is 11.0 Å². The van der Waals surface area contributed by atoms with Crippen molar-refractivity contribution in [1.82, 2.24) is 0 Å². The lowest BCUT2D eigenvalue weighted by molar-refractivity contribution is 0.669. The van der Waals surface area contributed by atoms with Crippen molar-refractivity contribution in [3.05, 3.63) is 206 Å². The fourth-order valence-electron chi connectivity index (χ4n) is 9.53. The van der Waals surface area contributed by atoms with E-state index in [-0.39, 0.29) is 56.8 Å². The molecule has 0 atom stereocenters. The summed E-state index contributed by atoms with van der Waals surface area (Å²) in [6.45, 7) is 0. The molecule has 13 aromatic rings. The van der Waals surface area contributed by atoms with Crippen LogP contribution >= 0.6 is 0 Å². The third kappa shape index (κ3) is 4.76. The predicted octanol–water partition coefficient (Wildman–Crippen LogP) is 16.8. The molecule has 0 bridgehead atoms. The van der Waals surface area contributed by atoms with E-state index < -0.39 is 24.2 Å². The van der Waals surface area contributed by atoms with Crippen LogP contribution in [0.4, 0.5) is 0 Å². The summed E-state index contributed by atoms with van der Waals surface area (Å²) in [5.74, 6) is 0. The van der Waals surface area contributed by atoms with Gasteiger partial charge in [-0.2, -0.15) is 0 Å². The van der Waals surface area contributed by atoms with Gasteiger partial charge in [0.25, 0.3) is 0 Å². The fourth-order valence-corrected chi connectivity index (χ4v) is 9.53. The van der Waals surface area contributed by atoms with Gasteiger partial charge >= 0.3 is 0 Å². The van der Waals surface area contributed by atoms with Crippen LogP contribution in [0, 0.1) is 0 Å². The summed E-state index contributed by atoms with van der Waals surface area (Å²) in [6, 6.07) is 48.4. The van der Waals surface area contributed by atoms with Crippen molar-refractivity contribution in [3.8, 4) is 44.5 Å². The fraction of sp³-hybridized carbons (Fsp3) is 0. The van der Waals surface area contributed by atoms with Crippen molar-refractivity contribution in [1.29, 1.82) is 0 Å². The van der Waals surface area contributed by atoms with E-state index >= 15 is 0 Å². The van der Waals surface area contributed by atoms with Gasteiger partial charge in [0.05, 0.1) is 11.0 Å². The lowest BCUT2D eigenvalue weighted by atomic mass is 9.84. The molecular weight excluding hydrogens is 729 g/mol. The zero-order valence-electron chi connectivity index (χ0n) is 39.8. The molecule has 0 N–H and O–H groups in total. The molecule has 0 saturated heterocycles. The van der Waals surface area contributed by atoms with Crippen LogP contribution in [0.2, 0.25) is 0 Å². The lowest BCUT2D eigenvalue weighted by Crippen LogP contribution is -1.92. The molecule has 11 aromatic carbocycles. The lowest BCUT2D eigenvalue weighted by Gasteiger charge is -2.19. The van der Waals surface area contributed by atoms with E-state index in [2.05, 4.69) is 30.3 Å². The Kier molecular flexibility index (Phi) is 5.57. The number of benzene rings is 11. The second-order valence-corrected chi connectivity index (χ2v) is 15.3. The van der Waals surface area contributed by atoms with Gasteiger partial charge in [0.2, 0.25) is 0 Å². The van der Waals surface area contributed by atoms with E-state index in [0.717, 1.165) is 76.5 Å². The van der Waals surface area contributed by atoms with Gasteiger partial charge in [-0.3, -0.25) is 0 Å². The molecule has 0 radical (unpaired) electrons. The van der Waals surface area contributed by atoms with Crippen molar-refractivity contribution >= 4 is 87.0 Å². The minimum Gasteiger partial charge on any atom is -0.456 e. The Balaban J connectivity index is 1.15. The standard InChI is InChI=1S/C58H34O2/c1-2-15-35(16-3-1)49-33-52-56(42-20-6-4-17-39(42)49)57-43-21-7-5-18-40(43)50(34-53(57)59-52)55-46-24-10-8-22-44(46)54(45-23-9-11-25-47(45)55)37-31-29-36(30-32-37)38-26-14-27-48-41-19-12-13-28-51(41)60-58(38)48/h1-34H/i8D,9D,10D,11D,22D,23D,24D,25D. The molecule has 0 unspecified atom stereocenters. The summed E-state index contributed by atoms with van der Waals surface area (Å²) >= 11 is 0. The van der Waals surface area contributed by atoms with Crippen LogP contribution in [0.3, 0.4) is 0 Å². The first-order chi connectivity index (χ1) is 33.1. The molecule has 0 aliphatic carbocycles. The highest BCUT2D eigenvalue weighted by Crippen LogP contribution is 2.49. The normalized spacial score (nSPS) is 13.9. The highest BCUT2D eigenvalue weighted by atomic mass is 16.3. The summed E-state index contributed by atoms with van der Waals surface area (Å²) in [4.78, 5) is 0. The number of rotatable bonds is 4. The summed E-state index contributed by atoms with van der Waals surface area (Å²) in [5, 5.41) is 7.91. The van der Waals surface area contributed by atoms with Gasteiger partial charge in [-0.25, -0.2) is 0 Å². The van der Waals surface area contributed by atoms with Crippen LogP contribution in [0.25, 0.3) is 131 Å². The first-order valence-electron chi connectivity index (χ1n) is 23.9. The van der Waals surface area contributed by atoms with Crippen molar-refractivity contribution < 1.29 is 19.8 Å². The van der Waals surface area contributed by atoms with Crippen LogP contribution in [0.15, 0.2) is 215 Å². The van der Waals surface area contributed by atoms with Crippen molar-refractivity contribution in [3.63, 3.8) is 0 Å². The molecular formula is C58H34O2. The largest absolute Gasteiger partial charge is 0.456 e. The third-order valence-corrected chi connectivity index (χ3v) is 12.1. The molecule has 2 nitrogen and oxygen atoms in total. The molecule has 13 rings (SSSR count). The zero-order chi connectivity index (χ0) is 46.3. The molecule has 2 heterocycles. The SMILES string of the molecule is [2H]c1c([2H])c([2H])c2c(-c3cc4oc5cc(-c6ccccc6)c6ccccc6c5c4c4ccccc34)c3c([2H])c([2H])c([2H])c([2H])c3c(-c3ccc(-c4cccc5c4oc4ccccc45)cc3)c2c1[2H]. The van der Waals surface area contributed by atoms with Crippen LogP contribution in [-0.4, -0.2) is 0 Å².